The second-order valence-corrected chi connectivity index (χ2v) is 9.87. The van der Waals surface area contributed by atoms with E-state index in [1.807, 2.05) is 6.92 Å². The molecule has 0 bridgehead atoms. The number of aliphatic hydroxyl groups is 1. The topological polar surface area (TPSA) is 103 Å². The van der Waals surface area contributed by atoms with Crippen LogP contribution in [0.4, 0.5) is 0 Å². The SMILES string of the molecule is CCn1nc(CC(C)(C)COC(=O)[C@H]2CC[C@H](O)CC2)c2c1C(=O)NCCCOCCC2. The van der Waals surface area contributed by atoms with Gasteiger partial charge in [0.1, 0.15) is 5.69 Å². The molecule has 8 nitrogen and oxygen atoms in total. The maximum atomic E-state index is 12.9. The smallest absolute Gasteiger partial charge is 0.308 e. The number of aryl methyl sites for hydroxylation is 1. The van der Waals surface area contributed by atoms with E-state index in [4.69, 9.17) is 14.6 Å². The van der Waals surface area contributed by atoms with Crippen molar-refractivity contribution in [2.45, 2.75) is 84.8 Å². The molecule has 1 aliphatic heterocycles. The van der Waals surface area contributed by atoms with Gasteiger partial charge in [-0.05, 0) is 51.9 Å². The zero-order valence-corrected chi connectivity index (χ0v) is 19.8. The molecule has 2 N–H and O–H groups in total. The van der Waals surface area contributed by atoms with Crippen LogP contribution in [0.15, 0.2) is 0 Å². The molecule has 1 aliphatic carbocycles. The van der Waals surface area contributed by atoms with E-state index in [2.05, 4.69) is 19.2 Å². The van der Waals surface area contributed by atoms with Gasteiger partial charge in [-0.1, -0.05) is 13.8 Å². The van der Waals surface area contributed by atoms with Crippen LogP contribution in [-0.2, 0) is 33.7 Å². The number of esters is 1. The molecule has 0 aromatic carbocycles. The van der Waals surface area contributed by atoms with Gasteiger partial charge in [-0.25, -0.2) is 0 Å². The van der Waals surface area contributed by atoms with Crippen molar-refractivity contribution in [2.24, 2.45) is 11.3 Å². The van der Waals surface area contributed by atoms with Crippen molar-refractivity contribution in [3.05, 3.63) is 17.0 Å². The zero-order chi connectivity index (χ0) is 23.1. The average molecular weight is 450 g/mol. The fourth-order valence-electron chi connectivity index (χ4n) is 4.55. The number of carbonyl (C=O) groups excluding carboxylic acids is 2. The number of carbonyl (C=O) groups is 2. The van der Waals surface area contributed by atoms with Gasteiger partial charge in [0.25, 0.3) is 5.91 Å². The van der Waals surface area contributed by atoms with Crippen molar-refractivity contribution in [1.82, 2.24) is 15.1 Å². The van der Waals surface area contributed by atoms with Gasteiger partial charge in [0.2, 0.25) is 0 Å². The number of nitrogens with one attached hydrogen (secondary N) is 1. The van der Waals surface area contributed by atoms with Crippen molar-refractivity contribution in [1.29, 1.82) is 0 Å². The van der Waals surface area contributed by atoms with Crippen LogP contribution in [0, 0.1) is 11.3 Å². The first-order valence-corrected chi connectivity index (χ1v) is 12.1. The van der Waals surface area contributed by atoms with Gasteiger partial charge in [0.15, 0.2) is 0 Å². The first kappa shape index (κ1) is 24.7. The van der Waals surface area contributed by atoms with Gasteiger partial charge in [-0.15, -0.1) is 0 Å². The van der Waals surface area contributed by atoms with Gasteiger partial charge >= 0.3 is 5.97 Å². The third kappa shape index (κ3) is 6.54. The first-order valence-electron chi connectivity index (χ1n) is 12.1. The molecule has 3 rings (SSSR count). The Morgan fingerprint density at radius 1 is 1.25 bits per heavy atom. The highest BCUT2D eigenvalue weighted by Crippen LogP contribution is 2.29. The van der Waals surface area contributed by atoms with Gasteiger partial charge in [0, 0.05) is 43.7 Å². The Hall–Kier alpha value is -1.93. The van der Waals surface area contributed by atoms with Crippen molar-refractivity contribution >= 4 is 11.9 Å². The largest absolute Gasteiger partial charge is 0.465 e. The van der Waals surface area contributed by atoms with Gasteiger partial charge < -0.3 is 19.9 Å². The number of hydrogen-bond donors (Lipinski definition) is 2. The lowest BCUT2D eigenvalue weighted by Crippen LogP contribution is -2.30. The predicted octanol–water partition coefficient (Wildman–Crippen LogP) is 2.65. The summed E-state index contributed by atoms with van der Waals surface area (Å²) in [5.74, 6) is -0.361. The minimum absolute atomic E-state index is 0.0776. The molecule has 1 fully saturated rings. The monoisotopic (exact) mass is 449 g/mol. The summed E-state index contributed by atoms with van der Waals surface area (Å²) in [5, 5.41) is 17.4. The molecule has 0 spiro atoms. The standard InChI is InChI=1S/C24H39N3O5/c1-4-27-21-19(7-5-13-31-14-6-12-25-22(21)29)20(26-27)15-24(2,3)16-32-23(30)17-8-10-18(28)11-9-17/h17-18,28H,4-16H2,1-3H3,(H,25,29)/t17-,18-. The number of ether oxygens (including phenoxy) is 2. The van der Waals surface area contributed by atoms with Crippen molar-refractivity contribution < 1.29 is 24.2 Å². The van der Waals surface area contributed by atoms with Crippen LogP contribution in [0.2, 0.25) is 0 Å². The van der Waals surface area contributed by atoms with Crippen LogP contribution in [0.3, 0.4) is 0 Å². The van der Waals surface area contributed by atoms with E-state index in [0.29, 0.717) is 70.7 Å². The molecule has 32 heavy (non-hydrogen) atoms. The predicted molar refractivity (Wildman–Crippen MR) is 120 cm³/mol. The minimum atomic E-state index is -0.316. The summed E-state index contributed by atoms with van der Waals surface area (Å²) in [5.41, 5.74) is 2.22. The Labute approximate surface area is 191 Å². The number of rotatable bonds is 6. The lowest BCUT2D eigenvalue weighted by Gasteiger charge is -2.27. The molecule has 2 aliphatic rings. The normalized spacial score (nSPS) is 23.1. The lowest BCUT2D eigenvalue weighted by molar-refractivity contribution is -0.153. The number of nitrogens with zero attached hydrogens (tertiary/aromatic N) is 2. The summed E-state index contributed by atoms with van der Waals surface area (Å²) in [7, 11) is 0. The van der Waals surface area contributed by atoms with E-state index >= 15 is 0 Å². The summed E-state index contributed by atoms with van der Waals surface area (Å²) in [4.78, 5) is 25.4. The van der Waals surface area contributed by atoms with E-state index in [-0.39, 0.29) is 29.3 Å². The van der Waals surface area contributed by atoms with Crippen LogP contribution in [-0.4, -0.2) is 59.2 Å². The van der Waals surface area contributed by atoms with E-state index < -0.39 is 0 Å². The number of aliphatic hydroxyl groups excluding tert-OH is 1. The van der Waals surface area contributed by atoms with Gasteiger partial charge in [0.05, 0.1) is 24.3 Å². The maximum Gasteiger partial charge on any atom is 0.308 e. The first-order chi connectivity index (χ1) is 15.3. The summed E-state index contributed by atoms with van der Waals surface area (Å²) < 4.78 is 13.2. The fraction of sp³-hybridized carbons (Fsp3) is 0.792. The minimum Gasteiger partial charge on any atom is -0.465 e. The van der Waals surface area contributed by atoms with Gasteiger partial charge in [-0.3, -0.25) is 14.3 Å². The van der Waals surface area contributed by atoms with Gasteiger partial charge in [-0.2, -0.15) is 5.10 Å². The molecule has 0 unspecified atom stereocenters. The Morgan fingerprint density at radius 3 is 2.69 bits per heavy atom. The van der Waals surface area contributed by atoms with E-state index in [1.165, 1.54) is 0 Å². The van der Waals surface area contributed by atoms with Crippen molar-refractivity contribution in [3.63, 3.8) is 0 Å². The van der Waals surface area contributed by atoms with Crippen molar-refractivity contribution in [2.75, 3.05) is 26.4 Å². The van der Waals surface area contributed by atoms with Crippen LogP contribution >= 0.6 is 0 Å². The molecular formula is C24H39N3O5. The second-order valence-electron chi connectivity index (χ2n) is 9.87. The molecule has 0 atom stereocenters. The quantitative estimate of drug-likeness (QED) is 0.648. The fourth-order valence-corrected chi connectivity index (χ4v) is 4.55. The zero-order valence-electron chi connectivity index (χ0n) is 19.8. The molecule has 1 aromatic heterocycles. The lowest BCUT2D eigenvalue weighted by atomic mass is 9.86. The summed E-state index contributed by atoms with van der Waals surface area (Å²) in [6.07, 6.45) is 5.40. The second kappa shape index (κ2) is 11.3. The Balaban J connectivity index is 1.70. The van der Waals surface area contributed by atoms with E-state index in [1.54, 1.807) is 4.68 Å². The highest BCUT2D eigenvalue weighted by Gasteiger charge is 2.31. The Morgan fingerprint density at radius 2 is 1.97 bits per heavy atom. The molecule has 8 heteroatoms. The van der Waals surface area contributed by atoms with Crippen molar-refractivity contribution in [3.8, 4) is 0 Å². The molecule has 1 saturated carbocycles. The summed E-state index contributed by atoms with van der Waals surface area (Å²) >= 11 is 0. The summed E-state index contributed by atoms with van der Waals surface area (Å²) in [6, 6.07) is 0. The Kier molecular flexibility index (Phi) is 8.71. The molecule has 1 aromatic rings. The van der Waals surface area contributed by atoms with Crippen LogP contribution in [0.5, 0.6) is 0 Å². The summed E-state index contributed by atoms with van der Waals surface area (Å²) in [6.45, 7) is 8.95. The number of amides is 1. The molecule has 0 radical (unpaired) electrons. The third-order valence-electron chi connectivity index (χ3n) is 6.40. The van der Waals surface area contributed by atoms with Crippen LogP contribution < -0.4 is 5.32 Å². The highest BCUT2D eigenvalue weighted by molar-refractivity contribution is 5.94. The molecule has 1 amide bonds. The van der Waals surface area contributed by atoms with Crippen LogP contribution in [0.25, 0.3) is 0 Å². The van der Waals surface area contributed by atoms with E-state index in [0.717, 1.165) is 30.5 Å². The van der Waals surface area contributed by atoms with Crippen LogP contribution in [0.1, 0.15) is 81.0 Å². The highest BCUT2D eigenvalue weighted by atomic mass is 16.5. The molecule has 180 valence electrons. The molecule has 2 heterocycles. The maximum absolute atomic E-state index is 12.9. The number of aromatic nitrogens is 2. The average Bonchev–Trinajstić information content (AvgIpc) is 3.08. The third-order valence-corrected chi connectivity index (χ3v) is 6.40. The van der Waals surface area contributed by atoms with E-state index in [9.17, 15) is 14.7 Å². The Bertz CT molecular complexity index is 781. The number of hydrogen-bond acceptors (Lipinski definition) is 6. The molecule has 0 saturated heterocycles. The number of fused-ring (bicyclic) bond motifs is 1. The molecular weight excluding hydrogens is 410 g/mol.